The molecule has 1 atom stereocenters. The van der Waals surface area contributed by atoms with E-state index in [-0.39, 0.29) is 30.4 Å². The summed E-state index contributed by atoms with van der Waals surface area (Å²) < 4.78 is 5.96. The molecule has 5 rings (SSSR count). The zero-order valence-corrected chi connectivity index (χ0v) is 23.8. The highest BCUT2D eigenvalue weighted by Crippen LogP contribution is 2.46. The summed E-state index contributed by atoms with van der Waals surface area (Å²) in [5, 5.41) is 9.41. The Labute approximate surface area is 241 Å². The van der Waals surface area contributed by atoms with Crippen LogP contribution in [-0.4, -0.2) is 41.2 Å². The second-order valence-electron chi connectivity index (χ2n) is 9.42. The Morgan fingerprint density at radius 1 is 1.12 bits per heavy atom. The Balaban J connectivity index is 1.42. The lowest BCUT2D eigenvalue weighted by molar-refractivity contribution is -0.119. The Morgan fingerprint density at radius 2 is 1.93 bits per heavy atom. The highest BCUT2D eigenvalue weighted by molar-refractivity contribution is 7.80. The third kappa shape index (κ3) is 5.75. The molecule has 0 unspecified atom stereocenters. The fraction of sp³-hybridized carbons (Fsp3) is 0.241. The molecule has 11 heteroatoms. The molecule has 40 heavy (non-hydrogen) atoms. The van der Waals surface area contributed by atoms with Crippen LogP contribution >= 0.6 is 24.0 Å². The predicted molar refractivity (Wildman–Crippen MR) is 161 cm³/mol. The van der Waals surface area contributed by atoms with Crippen molar-refractivity contribution in [2.24, 2.45) is 0 Å². The van der Waals surface area contributed by atoms with Gasteiger partial charge in [0.2, 0.25) is 5.91 Å². The van der Waals surface area contributed by atoms with Crippen molar-refractivity contribution in [2.75, 3.05) is 22.5 Å². The van der Waals surface area contributed by atoms with Crippen LogP contribution in [-0.2, 0) is 4.79 Å². The number of benzene rings is 2. The largest absolute Gasteiger partial charge is 0.457 e. The van der Waals surface area contributed by atoms with E-state index in [4.69, 9.17) is 4.74 Å². The fourth-order valence-corrected chi connectivity index (χ4v) is 5.92. The van der Waals surface area contributed by atoms with E-state index in [1.54, 1.807) is 17.2 Å². The number of amides is 4. The summed E-state index contributed by atoms with van der Waals surface area (Å²) in [5.74, 6) is 1.57. The van der Waals surface area contributed by atoms with Gasteiger partial charge in [-0.1, -0.05) is 18.2 Å². The summed E-state index contributed by atoms with van der Waals surface area (Å²) in [6, 6.07) is 16.2. The van der Waals surface area contributed by atoms with Crippen LogP contribution < -0.4 is 25.6 Å². The predicted octanol–water partition coefficient (Wildman–Crippen LogP) is 6.03. The molecular formula is C29H29N5O4S2. The molecule has 3 heterocycles. The molecule has 1 aliphatic rings. The van der Waals surface area contributed by atoms with Crippen molar-refractivity contribution < 1.29 is 19.1 Å². The molecule has 0 aliphatic carbocycles. The molecule has 0 bridgehead atoms. The minimum Gasteiger partial charge on any atom is -0.457 e. The smallest absolute Gasteiger partial charge is 0.331 e. The maximum Gasteiger partial charge on any atom is 0.331 e. The quantitative estimate of drug-likeness (QED) is 0.173. The van der Waals surface area contributed by atoms with E-state index < -0.39 is 0 Å². The maximum atomic E-state index is 13.5. The van der Waals surface area contributed by atoms with Crippen LogP contribution in [0, 0.1) is 6.92 Å². The molecule has 0 saturated heterocycles. The summed E-state index contributed by atoms with van der Waals surface area (Å²) in [6.07, 6.45) is 3.13. The number of nitrogens with one attached hydrogen (secondary N) is 3. The maximum absolute atomic E-state index is 13.5. The minimum absolute atomic E-state index is 0.161. The highest BCUT2D eigenvalue weighted by Gasteiger charge is 2.33. The van der Waals surface area contributed by atoms with Crippen molar-refractivity contribution in [3.05, 3.63) is 71.2 Å². The second-order valence-corrected chi connectivity index (χ2v) is 10.9. The molecule has 4 amide bonds. The summed E-state index contributed by atoms with van der Waals surface area (Å²) in [5.41, 5.74) is 2.62. The molecule has 0 radical (unpaired) electrons. The van der Waals surface area contributed by atoms with E-state index in [9.17, 15) is 14.4 Å². The Hall–Kier alpha value is -4.09. The summed E-state index contributed by atoms with van der Waals surface area (Å²) in [7, 11) is 0. The normalized spacial score (nSPS) is 13.1. The number of urea groups is 1. The summed E-state index contributed by atoms with van der Waals surface area (Å²) >= 11 is 5.46. The van der Waals surface area contributed by atoms with Gasteiger partial charge in [0.25, 0.3) is 5.91 Å². The van der Waals surface area contributed by atoms with Crippen molar-refractivity contribution in [1.29, 1.82) is 0 Å². The van der Waals surface area contributed by atoms with Crippen molar-refractivity contribution in [2.45, 2.75) is 32.7 Å². The summed E-state index contributed by atoms with van der Waals surface area (Å²) in [6.45, 7) is 3.63. The topological polar surface area (TPSA) is 113 Å². The number of rotatable bonds is 10. The Morgan fingerprint density at radius 3 is 2.65 bits per heavy atom. The number of hydrogen-bond donors (Lipinski definition) is 4. The van der Waals surface area contributed by atoms with Gasteiger partial charge < -0.3 is 20.7 Å². The van der Waals surface area contributed by atoms with Gasteiger partial charge in [-0.3, -0.25) is 14.5 Å². The van der Waals surface area contributed by atoms with E-state index in [1.165, 1.54) is 18.3 Å². The number of carbonyl (C=O) groups is 3. The molecule has 0 spiro atoms. The number of anilines is 3. The second kappa shape index (κ2) is 12.0. The number of ether oxygens (including phenoxy) is 1. The number of thiol groups is 1. The number of nitrogens with zero attached hydrogens (tertiary/aromatic N) is 2. The zero-order chi connectivity index (χ0) is 28.2. The molecule has 9 nitrogen and oxygen atoms in total. The van der Waals surface area contributed by atoms with Gasteiger partial charge in [0.05, 0.1) is 22.4 Å². The van der Waals surface area contributed by atoms with Gasteiger partial charge in [0.15, 0.2) is 0 Å². The average molecular weight is 576 g/mol. The monoisotopic (exact) mass is 575 g/mol. The lowest BCUT2D eigenvalue weighted by Gasteiger charge is -2.29. The molecule has 1 aliphatic heterocycles. The molecule has 0 saturated carbocycles. The first-order valence-corrected chi connectivity index (χ1v) is 14.3. The van der Waals surface area contributed by atoms with Gasteiger partial charge in [-0.05, 0) is 67.5 Å². The average Bonchev–Trinajstić information content (AvgIpc) is 3.30. The van der Waals surface area contributed by atoms with Crippen molar-refractivity contribution in [3.8, 4) is 11.5 Å². The van der Waals surface area contributed by atoms with Crippen LogP contribution in [0.5, 0.6) is 11.5 Å². The Bertz CT molecular complexity index is 1570. The number of carbonyl (C=O) groups excluding carboxylic acids is 3. The van der Waals surface area contributed by atoms with Crippen LogP contribution in [0.15, 0.2) is 60.8 Å². The lowest BCUT2D eigenvalue weighted by Crippen LogP contribution is -2.43. The van der Waals surface area contributed by atoms with Crippen LogP contribution in [0.1, 0.15) is 35.0 Å². The van der Waals surface area contributed by atoms with E-state index in [0.29, 0.717) is 50.1 Å². The van der Waals surface area contributed by atoms with Gasteiger partial charge in [-0.25, -0.2) is 9.78 Å². The van der Waals surface area contributed by atoms with Gasteiger partial charge >= 0.3 is 6.03 Å². The van der Waals surface area contributed by atoms with E-state index in [2.05, 4.69) is 33.6 Å². The molecule has 4 aromatic rings. The third-order valence-electron chi connectivity index (χ3n) is 6.47. The molecule has 3 N–H and O–H groups in total. The van der Waals surface area contributed by atoms with Gasteiger partial charge in [0, 0.05) is 25.7 Å². The van der Waals surface area contributed by atoms with E-state index in [0.717, 1.165) is 17.7 Å². The third-order valence-corrected chi connectivity index (χ3v) is 7.88. The molecule has 2 aromatic heterocycles. The molecule has 206 valence electrons. The van der Waals surface area contributed by atoms with Crippen LogP contribution in [0.4, 0.5) is 21.9 Å². The van der Waals surface area contributed by atoms with Crippen LogP contribution in [0.25, 0.3) is 10.2 Å². The SMILES string of the molecule is CC(=O)N[C@H](CCCS)CNC(=O)c1sc2nccc3c2c1NC(=O)N3c1ccc(Oc2ccccc2)cc1C. The Kier molecular flexibility index (Phi) is 8.22. The number of aromatic nitrogens is 1. The summed E-state index contributed by atoms with van der Waals surface area (Å²) in [4.78, 5) is 45.4. The number of thiophene rings is 1. The lowest BCUT2D eigenvalue weighted by atomic mass is 10.1. The fourth-order valence-electron chi connectivity index (χ4n) is 4.70. The van der Waals surface area contributed by atoms with Gasteiger partial charge in [-0.15, -0.1) is 11.3 Å². The van der Waals surface area contributed by atoms with E-state index >= 15 is 0 Å². The number of para-hydroxylation sites is 1. The number of aryl methyl sites for hydroxylation is 1. The molecule has 0 fully saturated rings. The first kappa shape index (κ1) is 27.5. The zero-order valence-electron chi connectivity index (χ0n) is 22.1. The van der Waals surface area contributed by atoms with Crippen LogP contribution in [0.3, 0.4) is 0 Å². The van der Waals surface area contributed by atoms with Gasteiger partial charge in [0.1, 0.15) is 21.2 Å². The number of pyridine rings is 1. The van der Waals surface area contributed by atoms with Crippen molar-refractivity contribution >= 4 is 69.1 Å². The molecular weight excluding hydrogens is 546 g/mol. The van der Waals surface area contributed by atoms with E-state index in [1.807, 2.05) is 55.5 Å². The first-order valence-electron chi connectivity index (χ1n) is 12.9. The minimum atomic E-state index is -0.378. The highest BCUT2D eigenvalue weighted by atomic mass is 32.1. The molecule has 2 aromatic carbocycles. The van der Waals surface area contributed by atoms with Gasteiger partial charge in [-0.2, -0.15) is 12.6 Å². The van der Waals surface area contributed by atoms with Crippen LogP contribution in [0.2, 0.25) is 0 Å². The van der Waals surface area contributed by atoms with Crippen molar-refractivity contribution in [1.82, 2.24) is 15.6 Å². The first-order chi connectivity index (χ1) is 19.4. The van der Waals surface area contributed by atoms with Crippen molar-refractivity contribution in [3.63, 3.8) is 0 Å². The standard InChI is InChI=1S/C29H29N5O4S2/c1-17-15-21(38-20-8-4-3-5-9-20)10-11-22(17)34-23-12-13-30-28-24(23)25(33-29(34)37)26(40-28)27(36)31-16-19(7-6-14-39)32-18(2)35/h3-5,8-13,15,19,39H,6-7,14,16H2,1-2H3,(H,31,36)(H,32,35)(H,33,37)/t19-/m1/s1. The number of hydrogen-bond acceptors (Lipinski definition) is 7.